The summed E-state index contributed by atoms with van der Waals surface area (Å²) < 4.78 is 5.57. The molecule has 2 rings (SSSR count). The van der Waals surface area contributed by atoms with E-state index in [4.69, 9.17) is 9.73 Å². The van der Waals surface area contributed by atoms with Crippen LogP contribution in [0.25, 0.3) is 0 Å². The Morgan fingerprint density at radius 1 is 1.15 bits per heavy atom. The third-order valence-electron chi connectivity index (χ3n) is 3.95. The maximum Gasteiger partial charge on any atom is 0.193 e. The molecular formula is C20H30IN3OS. The second-order valence-electron chi connectivity index (χ2n) is 5.83. The minimum atomic E-state index is 0. The zero-order chi connectivity index (χ0) is 17.9. The van der Waals surface area contributed by atoms with Crippen LogP contribution in [0.1, 0.15) is 29.9 Å². The van der Waals surface area contributed by atoms with Gasteiger partial charge in [0.1, 0.15) is 0 Å². The van der Waals surface area contributed by atoms with Crippen LogP contribution < -0.4 is 5.32 Å². The topological polar surface area (TPSA) is 36.9 Å². The molecule has 1 heterocycles. The van der Waals surface area contributed by atoms with Crippen molar-refractivity contribution in [3.8, 4) is 0 Å². The maximum atomic E-state index is 5.57. The number of likely N-dealkylation sites (N-methyl/N-ethyl adjacent to an activating group) is 1. The minimum Gasteiger partial charge on any atom is -0.377 e. The fourth-order valence-corrected chi connectivity index (χ4v) is 3.23. The molecule has 0 saturated heterocycles. The van der Waals surface area contributed by atoms with Crippen LogP contribution in [0.3, 0.4) is 0 Å². The average molecular weight is 487 g/mol. The summed E-state index contributed by atoms with van der Waals surface area (Å²) in [6.07, 6.45) is 1.04. The van der Waals surface area contributed by atoms with Gasteiger partial charge in [-0.25, -0.2) is 4.99 Å². The van der Waals surface area contributed by atoms with Gasteiger partial charge in [0.2, 0.25) is 0 Å². The molecule has 0 bridgehead atoms. The van der Waals surface area contributed by atoms with Crippen molar-refractivity contribution in [2.75, 3.05) is 26.7 Å². The molecule has 144 valence electrons. The summed E-state index contributed by atoms with van der Waals surface area (Å²) in [6, 6.07) is 12.7. The van der Waals surface area contributed by atoms with E-state index in [-0.39, 0.29) is 24.0 Å². The number of aliphatic imine (C=N–C) groups is 1. The number of hydrogen-bond acceptors (Lipinski definition) is 3. The number of hydrogen-bond donors (Lipinski definition) is 1. The lowest BCUT2D eigenvalue weighted by Crippen LogP contribution is -2.39. The highest BCUT2D eigenvalue weighted by Gasteiger charge is 2.07. The largest absolute Gasteiger partial charge is 0.377 e. The monoisotopic (exact) mass is 487 g/mol. The van der Waals surface area contributed by atoms with Crippen molar-refractivity contribution in [2.24, 2.45) is 4.99 Å². The van der Waals surface area contributed by atoms with Gasteiger partial charge in [0.15, 0.2) is 5.96 Å². The van der Waals surface area contributed by atoms with Crippen molar-refractivity contribution in [3.05, 3.63) is 57.8 Å². The van der Waals surface area contributed by atoms with Crippen LogP contribution in [0.2, 0.25) is 0 Å². The first-order valence-electron chi connectivity index (χ1n) is 8.91. The van der Waals surface area contributed by atoms with Gasteiger partial charge in [-0.2, -0.15) is 0 Å². The molecule has 0 aliphatic carbocycles. The number of thiophene rings is 1. The second-order valence-corrected chi connectivity index (χ2v) is 6.86. The van der Waals surface area contributed by atoms with Crippen LogP contribution in [0.5, 0.6) is 0 Å². The number of nitrogens with one attached hydrogen (secondary N) is 1. The second kappa shape index (κ2) is 13.1. The Morgan fingerprint density at radius 3 is 2.58 bits per heavy atom. The number of ether oxygens (including phenoxy) is 1. The van der Waals surface area contributed by atoms with Gasteiger partial charge in [-0.15, -0.1) is 35.3 Å². The number of rotatable bonds is 9. The van der Waals surface area contributed by atoms with Gasteiger partial charge >= 0.3 is 0 Å². The van der Waals surface area contributed by atoms with Crippen LogP contribution in [0, 0.1) is 0 Å². The molecule has 1 aromatic carbocycles. The lowest BCUT2D eigenvalue weighted by molar-refractivity contribution is 0.133. The van der Waals surface area contributed by atoms with Crippen LogP contribution in [0.15, 0.2) is 46.8 Å². The van der Waals surface area contributed by atoms with Gasteiger partial charge < -0.3 is 15.0 Å². The molecule has 2 aromatic rings. The molecule has 0 aliphatic heterocycles. The highest BCUT2D eigenvalue weighted by Crippen LogP contribution is 2.12. The Bertz CT molecular complexity index is 646. The van der Waals surface area contributed by atoms with E-state index in [1.165, 1.54) is 16.0 Å². The number of nitrogens with zero attached hydrogens (tertiary/aromatic N) is 2. The molecule has 1 aromatic heterocycles. The zero-order valence-corrected chi connectivity index (χ0v) is 19.1. The summed E-state index contributed by atoms with van der Waals surface area (Å²) in [5.41, 5.74) is 2.43. The van der Waals surface area contributed by atoms with Crippen LogP contribution >= 0.6 is 35.3 Å². The molecule has 0 fully saturated rings. The van der Waals surface area contributed by atoms with E-state index in [9.17, 15) is 0 Å². The summed E-state index contributed by atoms with van der Waals surface area (Å²) in [5, 5.41) is 5.52. The lowest BCUT2D eigenvalue weighted by atomic mass is 10.1. The quantitative estimate of drug-likeness (QED) is 0.321. The van der Waals surface area contributed by atoms with Crippen LogP contribution in [-0.2, 0) is 24.3 Å². The molecular weight excluding hydrogens is 457 g/mol. The van der Waals surface area contributed by atoms with Crippen LogP contribution in [0.4, 0.5) is 0 Å². The zero-order valence-electron chi connectivity index (χ0n) is 15.9. The summed E-state index contributed by atoms with van der Waals surface area (Å²) in [4.78, 5) is 8.44. The van der Waals surface area contributed by atoms with Crippen molar-refractivity contribution in [2.45, 2.75) is 33.4 Å². The van der Waals surface area contributed by atoms with Crippen molar-refractivity contribution in [1.29, 1.82) is 0 Å². The fourth-order valence-electron chi connectivity index (χ4n) is 2.53. The third-order valence-corrected chi connectivity index (χ3v) is 4.89. The molecule has 4 nitrogen and oxygen atoms in total. The highest BCUT2D eigenvalue weighted by atomic mass is 127. The first kappa shape index (κ1) is 22.9. The van der Waals surface area contributed by atoms with E-state index in [2.05, 4.69) is 66.0 Å². The van der Waals surface area contributed by atoms with E-state index < -0.39 is 0 Å². The Kier molecular flexibility index (Phi) is 11.6. The molecule has 0 saturated carbocycles. The summed E-state index contributed by atoms with van der Waals surface area (Å²) in [6.45, 7) is 7.97. The predicted octanol–water partition coefficient (Wildman–Crippen LogP) is 4.54. The van der Waals surface area contributed by atoms with Crippen molar-refractivity contribution < 1.29 is 4.74 Å². The Hall–Kier alpha value is -1.12. The third kappa shape index (κ3) is 7.63. The Balaban J connectivity index is 0.00000338. The molecule has 0 aliphatic rings. The fraction of sp³-hybridized carbons (Fsp3) is 0.450. The van der Waals surface area contributed by atoms with E-state index in [0.717, 1.165) is 32.1 Å². The van der Waals surface area contributed by atoms with E-state index in [0.29, 0.717) is 13.2 Å². The van der Waals surface area contributed by atoms with Crippen molar-refractivity contribution in [1.82, 2.24) is 10.2 Å². The molecule has 0 spiro atoms. The van der Waals surface area contributed by atoms with Gasteiger partial charge in [0.05, 0.1) is 13.2 Å². The van der Waals surface area contributed by atoms with E-state index in [1.54, 1.807) is 0 Å². The minimum absolute atomic E-state index is 0. The molecule has 26 heavy (non-hydrogen) atoms. The van der Waals surface area contributed by atoms with E-state index >= 15 is 0 Å². The standard InChI is InChI=1S/C20H29N3OS.HI/c1-4-21-20(23(3)13-12-19-11-8-14-25-19)22-15-17-9-6-7-10-18(17)16-24-5-2;/h6-11,14H,4-5,12-13,15-16H2,1-3H3,(H,21,22);1H. The van der Waals surface area contributed by atoms with Gasteiger partial charge in [-0.05, 0) is 42.8 Å². The Labute approximate surface area is 178 Å². The van der Waals surface area contributed by atoms with Gasteiger partial charge in [0.25, 0.3) is 0 Å². The van der Waals surface area contributed by atoms with Gasteiger partial charge in [-0.1, -0.05) is 30.3 Å². The van der Waals surface area contributed by atoms with Crippen molar-refractivity contribution >= 4 is 41.3 Å². The number of halogens is 1. The number of benzene rings is 1. The molecule has 6 heteroatoms. The van der Waals surface area contributed by atoms with Crippen molar-refractivity contribution in [3.63, 3.8) is 0 Å². The summed E-state index contributed by atoms with van der Waals surface area (Å²) in [7, 11) is 2.10. The molecule has 0 amide bonds. The molecule has 1 N–H and O–H groups in total. The average Bonchev–Trinajstić information content (AvgIpc) is 3.15. The normalized spacial score (nSPS) is 11.1. The predicted molar refractivity (Wildman–Crippen MR) is 123 cm³/mol. The van der Waals surface area contributed by atoms with Gasteiger partial charge in [0, 0.05) is 31.6 Å². The summed E-state index contributed by atoms with van der Waals surface area (Å²) in [5.74, 6) is 0.949. The SMILES string of the molecule is CCNC(=NCc1ccccc1COCC)N(C)CCc1cccs1.I. The van der Waals surface area contributed by atoms with Gasteiger partial charge in [-0.3, -0.25) is 0 Å². The van der Waals surface area contributed by atoms with E-state index in [1.807, 2.05) is 18.3 Å². The highest BCUT2D eigenvalue weighted by molar-refractivity contribution is 14.0. The molecule has 0 atom stereocenters. The first-order valence-corrected chi connectivity index (χ1v) is 9.78. The summed E-state index contributed by atoms with van der Waals surface area (Å²) >= 11 is 1.81. The van der Waals surface area contributed by atoms with Crippen LogP contribution in [-0.4, -0.2) is 37.6 Å². The molecule has 0 radical (unpaired) electrons. The smallest absolute Gasteiger partial charge is 0.193 e. The first-order chi connectivity index (χ1) is 12.2. The Morgan fingerprint density at radius 2 is 1.92 bits per heavy atom. The molecule has 0 unspecified atom stereocenters. The number of guanidine groups is 1. The maximum absolute atomic E-state index is 5.57. The lowest BCUT2D eigenvalue weighted by Gasteiger charge is -2.22.